The number of thiocarbonyl (C=S) groups is 3. The third kappa shape index (κ3) is 31.9. The topological polar surface area (TPSA) is 399 Å². The minimum absolute atomic E-state index is 0.0304. The number of hydrogen-bond acceptors (Lipinski definition) is 27. The van der Waals surface area contributed by atoms with Crippen LogP contribution >= 0.6 is 97.9 Å². The normalized spacial score (nSPS) is 11.7. The van der Waals surface area contributed by atoms with E-state index in [1.807, 2.05) is 168 Å². The summed E-state index contributed by atoms with van der Waals surface area (Å²) in [7, 11) is 0. The van der Waals surface area contributed by atoms with E-state index in [1.54, 1.807) is 127 Å². The van der Waals surface area contributed by atoms with Gasteiger partial charge in [-0.1, -0.05) is 247 Å². The summed E-state index contributed by atoms with van der Waals surface area (Å²) in [6.07, 6.45) is 2.06. The molecule has 35 heteroatoms. The molecule has 0 aliphatic carbocycles. The smallest absolute Gasteiger partial charge is 0.408 e. The fourth-order valence-corrected chi connectivity index (χ4v) is 16.3. The standard InChI is InChI=1S/2C18H13N3O2S2.C18H16N2O2S.C17H15N3O2S.C15H19BrN2O5.C7H7NS/c2*22-21(23)15-8-6-13(7-9-15)10-16(19-12-24)17-11-25-18(20-17)14-4-2-1-3-5-14;1-13(11-14-7-9-16(10-8-14)20(21)22)17-12-23-18(19-17)15-5-3-2-4-6-15;18-15(10-12-6-8-14(9-7-12)20(21)22)16-11-23-17(19-16)13-4-2-1-3-5-13;1-15(2,3)23-14(20)17-12(13(19)9-16)8-10-4-6-11(7-5-10)18(21)22;8-7(9)6-4-2-1-3-5-6/h2*1-9,11,16H,10H2;2-10,12-13H,11H2,1H3;1-9,11,15H,10,18H2;4-7,12H,8-9H2,1-3H3,(H,17,20);1-5H,(H2,8,9)/t2*16-;13-;15-;12-;/m00000./s1. The number of Topliss-reactive ketones (excluding diaryl/α,β-unsaturated/α-hetero) is 1. The van der Waals surface area contributed by atoms with Crippen molar-refractivity contribution in [2.24, 2.45) is 21.5 Å². The Hall–Kier alpha value is -13.4. The second-order valence-corrected chi connectivity index (χ2v) is 33.7. The van der Waals surface area contributed by atoms with Gasteiger partial charge in [-0.3, -0.25) is 55.4 Å². The molecule has 1 amide bonds. The Kier molecular flexibility index (Phi) is 38.5. The lowest BCUT2D eigenvalue weighted by atomic mass is 9.98. The number of nitro benzene ring substituents is 5. The van der Waals surface area contributed by atoms with Crippen molar-refractivity contribution in [3.8, 4) is 42.3 Å². The largest absolute Gasteiger partial charge is 0.444 e. The summed E-state index contributed by atoms with van der Waals surface area (Å²) < 4.78 is 5.14. The molecule has 10 aromatic carbocycles. The van der Waals surface area contributed by atoms with Crippen molar-refractivity contribution in [2.75, 3.05) is 5.33 Å². The number of halogens is 1. The number of amides is 1. The molecule has 5 N–H and O–H groups in total. The number of aromatic nitrogens is 4. The summed E-state index contributed by atoms with van der Waals surface area (Å²) in [5, 5.41) is 72.8. The van der Waals surface area contributed by atoms with Crippen LogP contribution in [0.15, 0.2) is 304 Å². The number of thiazole rings is 4. The molecule has 0 fully saturated rings. The van der Waals surface area contributed by atoms with E-state index in [9.17, 15) is 60.2 Å². The highest BCUT2D eigenvalue weighted by Gasteiger charge is 2.26. The molecule has 128 heavy (non-hydrogen) atoms. The van der Waals surface area contributed by atoms with Gasteiger partial charge in [0, 0.05) is 129 Å². The van der Waals surface area contributed by atoms with Crippen LogP contribution in [0.5, 0.6) is 0 Å². The first kappa shape index (κ1) is 98.4. The average Bonchev–Trinajstić information content (AvgIpc) is 1.85. The first-order valence-corrected chi connectivity index (χ1v) is 44.9. The average molecular weight is 1910 g/mol. The highest BCUT2D eigenvalue weighted by molar-refractivity contribution is 9.09. The van der Waals surface area contributed by atoms with E-state index in [4.69, 9.17) is 57.8 Å². The van der Waals surface area contributed by atoms with Crippen molar-refractivity contribution in [3.05, 3.63) is 401 Å². The maximum absolute atomic E-state index is 12.0. The van der Waals surface area contributed by atoms with Gasteiger partial charge in [-0.15, -0.1) is 45.3 Å². The number of benzene rings is 10. The van der Waals surface area contributed by atoms with Gasteiger partial charge in [0.25, 0.3) is 28.4 Å². The zero-order chi connectivity index (χ0) is 92.1. The fraction of sp³-hybridized carbons (Fsp3) is 0.172. The molecule has 14 aromatic rings. The Morgan fingerprint density at radius 3 is 0.992 bits per heavy atom. The quantitative estimate of drug-likeness (QED) is 0.0129. The van der Waals surface area contributed by atoms with Gasteiger partial charge in [-0.05, 0) is 92.3 Å². The van der Waals surface area contributed by atoms with Gasteiger partial charge in [-0.25, -0.2) is 34.7 Å². The van der Waals surface area contributed by atoms with Crippen LogP contribution in [0.1, 0.15) is 108 Å². The number of carbonyl (C=O) groups is 2. The lowest BCUT2D eigenvalue weighted by molar-refractivity contribution is -0.385. The van der Waals surface area contributed by atoms with E-state index in [1.165, 1.54) is 48.5 Å². The summed E-state index contributed by atoms with van der Waals surface area (Å²) in [5.74, 6) is 0.0550. The number of nitrogens with one attached hydrogen (secondary N) is 1. The van der Waals surface area contributed by atoms with E-state index in [-0.39, 0.29) is 74.9 Å². The molecule has 5 atom stereocenters. The van der Waals surface area contributed by atoms with Crippen LogP contribution in [0.25, 0.3) is 42.3 Å². The summed E-state index contributed by atoms with van der Waals surface area (Å²) in [6.45, 7) is 7.31. The second kappa shape index (κ2) is 50.1. The van der Waals surface area contributed by atoms with Crippen LogP contribution in [-0.2, 0) is 41.6 Å². The summed E-state index contributed by atoms with van der Waals surface area (Å²) in [6, 6.07) is 79.9. The molecular weight excluding hydrogens is 1830 g/mol. The number of nitro groups is 5. The van der Waals surface area contributed by atoms with E-state index >= 15 is 0 Å². The minimum Gasteiger partial charge on any atom is -0.444 e. The van der Waals surface area contributed by atoms with E-state index in [2.05, 4.69) is 80.9 Å². The lowest BCUT2D eigenvalue weighted by Gasteiger charge is -2.23. The number of aliphatic imine (C=N–C) groups is 2. The molecular formula is C93H83BrN14O13S7. The highest BCUT2D eigenvalue weighted by Crippen LogP contribution is 2.35. The molecule has 0 aliphatic rings. The molecule has 27 nitrogen and oxygen atoms in total. The first-order chi connectivity index (χ1) is 61.5. The van der Waals surface area contributed by atoms with Crippen molar-refractivity contribution >= 4 is 154 Å². The molecule has 0 aliphatic heterocycles. The van der Waals surface area contributed by atoms with E-state index < -0.39 is 37.4 Å². The van der Waals surface area contributed by atoms with Gasteiger partial charge in [0.2, 0.25) is 0 Å². The number of rotatable bonds is 29. The predicted octanol–water partition coefficient (Wildman–Crippen LogP) is 23.6. The van der Waals surface area contributed by atoms with Crippen LogP contribution in [-0.4, -0.2) is 88.7 Å². The van der Waals surface area contributed by atoms with Gasteiger partial charge >= 0.3 is 6.09 Å². The van der Waals surface area contributed by atoms with E-state index in [0.717, 1.165) is 99.3 Å². The molecule has 652 valence electrons. The molecule has 0 unspecified atom stereocenters. The van der Waals surface area contributed by atoms with Gasteiger partial charge in [0.1, 0.15) is 42.7 Å². The number of ketones is 1. The zero-order valence-corrected chi connectivity index (χ0v) is 76.3. The number of nitrogens with zero attached hydrogens (tertiary/aromatic N) is 11. The summed E-state index contributed by atoms with van der Waals surface area (Å²) in [4.78, 5) is 103. The van der Waals surface area contributed by atoms with Gasteiger partial charge in [0.15, 0.2) is 5.78 Å². The Labute approximate surface area is 777 Å². The molecule has 4 heterocycles. The number of nitrogens with two attached hydrogens (primary N) is 2. The summed E-state index contributed by atoms with van der Waals surface area (Å²) in [5.41, 5.74) is 24.6. The monoisotopic (exact) mass is 1910 g/mol. The highest BCUT2D eigenvalue weighted by atomic mass is 79.9. The molecule has 0 saturated carbocycles. The molecule has 0 bridgehead atoms. The van der Waals surface area contributed by atoms with Gasteiger partial charge < -0.3 is 21.5 Å². The van der Waals surface area contributed by atoms with Crippen LogP contribution in [0.3, 0.4) is 0 Å². The van der Waals surface area contributed by atoms with Crippen molar-refractivity contribution in [2.45, 2.75) is 95.5 Å². The predicted molar refractivity (Wildman–Crippen MR) is 519 cm³/mol. The van der Waals surface area contributed by atoms with Crippen LogP contribution in [0.2, 0.25) is 0 Å². The van der Waals surface area contributed by atoms with Gasteiger partial charge in [-0.2, -0.15) is 0 Å². The Bertz CT molecular complexity index is 5800. The van der Waals surface area contributed by atoms with Crippen LogP contribution < -0.4 is 16.8 Å². The van der Waals surface area contributed by atoms with Crippen LogP contribution in [0.4, 0.5) is 33.2 Å². The lowest BCUT2D eigenvalue weighted by Crippen LogP contribution is -2.45. The number of hydrogen-bond donors (Lipinski definition) is 3. The molecule has 14 rings (SSSR count). The number of alkyl carbamates (subject to hydrolysis) is 1. The SMILES string of the molecule is CC(C)(C)OC(=O)N[C@@H](Cc1ccc([N+](=O)[O-])cc1)C(=O)CBr.C[C@@H](Cc1ccc([N+](=O)[O-])cc1)c1csc(-c2ccccc2)n1.NC(=S)c1ccccc1.N[C@@H](Cc1ccc([N+](=O)[O-])cc1)c1csc(-c2ccccc2)n1.O=[N+]([O-])c1ccc(C[C@H](N=C=S)c2csc(-c3ccccc3)n2)cc1.O=[N+]([O-])c1ccc(C[C@H](N=C=S)c2csc(-c3ccccc3)n2)cc1. The number of carbonyl (C=O) groups excluding carboxylic acids is 2. The molecule has 0 radical (unpaired) electrons. The first-order valence-electron chi connectivity index (χ1n) is 39.1. The zero-order valence-electron chi connectivity index (χ0n) is 69.0. The molecule has 0 spiro atoms. The molecule has 0 saturated heterocycles. The Balaban J connectivity index is 0.000000176. The summed E-state index contributed by atoms with van der Waals surface area (Å²) >= 11 is 23.7. The van der Waals surface area contributed by atoms with Crippen LogP contribution in [0, 0.1) is 50.6 Å². The van der Waals surface area contributed by atoms with Gasteiger partial charge in [0.05, 0.1) is 75.1 Å². The fourth-order valence-electron chi connectivity index (χ4n) is 11.9. The maximum Gasteiger partial charge on any atom is 0.408 e. The number of alkyl halides is 1. The Morgan fingerprint density at radius 1 is 0.430 bits per heavy atom. The number of isothiocyanates is 2. The minimum atomic E-state index is -0.773. The van der Waals surface area contributed by atoms with Crippen molar-refractivity contribution in [1.82, 2.24) is 25.3 Å². The second-order valence-electron chi connectivity index (χ2n) is 28.9. The third-order valence-corrected chi connectivity index (χ3v) is 23.1. The van der Waals surface area contributed by atoms with Crippen molar-refractivity contribution < 1.29 is 38.9 Å². The van der Waals surface area contributed by atoms with E-state index in [0.29, 0.717) is 29.8 Å². The Morgan fingerprint density at radius 2 is 0.703 bits per heavy atom. The maximum atomic E-state index is 12.0. The third-order valence-electron chi connectivity index (χ3n) is 18.5. The van der Waals surface area contributed by atoms with Crippen molar-refractivity contribution in [3.63, 3.8) is 0 Å². The number of ether oxygens (including phenoxy) is 1. The molecule has 4 aromatic heterocycles. The number of non-ortho nitro benzene ring substituents is 5. The van der Waals surface area contributed by atoms with Crippen molar-refractivity contribution in [1.29, 1.82) is 0 Å².